The molecule has 1 aromatic rings. The lowest BCUT2D eigenvalue weighted by molar-refractivity contribution is -0.117. The molecule has 0 aliphatic carbocycles. The molecule has 0 saturated carbocycles. The average molecular weight is 206 g/mol. The van der Waals surface area contributed by atoms with Gasteiger partial charge in [0.1, 0.15) is 0 Å². The Morgan fingerprint density at radius 1 is 1.40 bits per heavy atom. The van der Waals surface area contributed by atoms with Gasteiger partial charge in [0.15, 0.2) is 0 Å². The van der Waals surface area contributed by atoms with Gasteiger partial charge in [-0.05, 0) is 32.5 Å². The number of nitrogens with zero attached hydrogens (tertiary/aromatic N) is 1. The maximum Gasteiger partial charge on any atom is 0.240 e. The average Bonchev–Trinajstić information content (AvgIpc) is 2.22. The van der Waals surface area contributed by atoms with Crippen LogP contribution >= 0.6 is 0 Å². The van der Waals surface area contributed by atoms with Gasteiger partial charge in [0.2, 0.25) is 5.91 Å². The Morgan fingerprint density at radius 3 is 2.60 bits per heavy atom. The number of aryl methyl sites for hydroxylation is 1. The Hall–Kier alpha value is -1.35. The minimum atomic E-state index is 0.106. The van der Waals surface area contributed by atoms with Gasteiger partial charge in [-0.3, -0.25) is 4.79 Å². The van der Waals surface area contributed by atoms with Crippen molar-refractivity contribution < 1.29 is 4.79 Å². The molecule has 0 aromatic heterocycles. The summed E-state index contributed by atoms with van der Waals surface area (Å²) in [5.41, 5.74) is 2.13. The molecule has 0 unspecified atom stereocenters. The second kappa shape index (κ2) is 5.51. The van der Waals surface area contributed by atoms with Crippen molar-refractivity contribution in [1.82, 2.24) is 5.32 Å². The van der Waals surface area contributed by atoms with Crippen LogP contribution < -0.4 is 10.2 Å². The van der Waals surface area contributed by atoms with Crippen molar-refractivity contribution in [2.24, 2.45) is 0 Å². The van der Waals surface area contributed by atoms with Crippen LogP contribution in [-0.2, 0) is 4.79 Å². The van der Waals surface area contributed by atoms with Gasteiger partial charge >= 0.3 is 0 Å². The summed E-state index contributed by atoms with van der Waals surface area (Å²) < 4.78 is 0. The topological polar surface area (TPSA) is 32.3 Å². The summed E-state index contributed by atoms with van der Waals surface area (Å²) in [7, 11) is 1.78. The van der Waals surface area contributed by atoms with Gasteiger partial charge in [-0.15, -0.1) is 0 Å². The van der Waals surface area contributed by atoms with Crippen LogP contribution in [0.15, 0.2) is 24.3 Å². The number of hydrogen-bond acceptors (Lipinski definition) is 2. The van der Waals surface area contributed by atoms with Crippen LogP contribution in [0.25, 0.3) is 0 Å². The zero-order chi connectivity index (χ0) is 11.3. The molecular formula is C12H18N2O. The Morgan fingerprint density at radius 2 is 2.07 bits per heavy atom. The minimum Gasteiger partial charge on any atom is -0.311 e. The van der Waals surface area contributed by atoms with Crippen molar-refractivity contribution in [2.75, 3.05) is 25.0 Å². The molecule has 1 aromatic carbocycles. The molecule has 1 rings (SSSR count). The highest BCUT2D eigenvalue weighted by molar-refractivity contribution is 5.95. The molecule has 3 nitrogen and oxygen atoms in total. The molecule has 0 aliphatic heterocycles. The van der Waals surface area contributed by atoms with E-state index in [4.69, 9.17) is 0 Å². The molecule has 0 fully saturated rings. The largest absolute Gasteiger partial charge is 0.311 e. The van der Waals surface area contributed by atoms with Crippen molar-refractivity contribution in [3.05, 3.63) is 29.8 Å². The van der Waals surface area contributed by atoms with Crippen molar-refractivity contribution in [3.8, 4) is 0 Å². The number of likely N-dealkylation sites (N-methyl/N-ethyl adjacent to an activating group) is 2. The molecule has 3 heteroatoms. The first-order valence-electron chi connectivity index (χ1n) is 5.21. The highest BCUT2D eigenvalue weighted by Gasteiger charge is 2.13. The van der Waals surface area contributed by atoms with Crippen LogP contribution in [-0.4, -0.2) is 26.0 Å². The van der Waals surface area contributed by atoms with Crippen LogP contribution in [0, 0.1) is 6.92 Å². The van der Waals surface area contributed by atoms with Crippen LogP contribution in [0.2, 0.25) is 0 Å². The first-order valence-corrected chi connectivity index (χ1v) is 5.21. The number of para-hydroxylation sites is 1. The Bertz CT molecular complexity index is 336. The van der Waals surface area contributed by atoms with Crippen LogP contribution in [0.5, 0.6) is 0 Å². The molecule has 0 saturated heterocycles. The van der Waals surface area contributed by atoms with Crippen LogP contribution in [0.3, 0.4) is 0 Å². The molecule has 0 heterocycles. The third kappa shape index (κ3) is 2.80. The van der Waals surface area contributed by atoms with Gasteiger partial charge in [-0.1, -0.05) is 18.2 Å². The van der Waals surface area contributed by atoms with E-state index in [1.165, 1.54) is 0 Å². The lowest BCUT2D eigenvalue weighted by Gasteiger charge is -2.22. The second-order valence-corrected chi connectivity index (χ2v) is 3.45. The van der Waals surface area contributed by atoms with E-state index in [0.717, 1.165) is 11.3 Å². The summed E-state index contributed by atoms with van der Waals surface area (Å²) in [6, 6.07) is 7.93. The van der Waals surface area contributed by atoms with Gasteiger partial charge in [-0.25, -0.2) is 0 Å². The molecule has 0 radical (unpaired) electrons. The highest BCUT2D eigenvalue weighted by Crippen LogP contribution is 2.18. The van der Waals surface area contributed by atoms with Gasteiger partial charge in [0, 0.05) is 12.2 Å². The van der Waals surface area contributed by atoms with Crippen molar-refractivity contribution >= 4 is 11.6 Å². The third-order valence-corrected chi connectivity index (χ3v) is 2.35. The maximum absolute atomic E-state index is 11.8. The van der Waals surface area contributed by atoms with Crippen molar-refractivity contribution in [2.45, 2.75) is 13.8 Å². The monoisotopic (exact) mass is 206 g/mol. The van der Waals surface area contributed by atoms with Gasteiger partial charge in [-0.2, -0.15) is 0 Å². The lowest BCUT2D eigenvalue weighted by atomic mass is 10.2. The summed E-state index contributed by atoms with van der Waals surface area (Å²) in [6.45, 7) is 5.08. The number of carbonyl (C=O) groups is 1. The predicted octanol–water partition coefficient (Wildman–Crippen LogP) is 1.57. The molecule has 15 heavy (non-hydrogen) atoms. The Labute approximate surface area is 91.1 Å². The number of rotatable bonds is 4. The fraction of sp³-hybridized carbons (Fsp3) is 0.417. The standard InChI is InChI=1S/C12H18N2O/c1-4-14(12(15)9-13-3)11-8-6-5-7-10(11)2/h5-8,13H,4,9H2,1-3H3. The fourth-order valence-corrected chi connectivity index (χ4v) is 1.59. The van der Waals surface area contributed by atoms with Gasteiger partial charge < -0.3 is 10.2 Å². The Balaban J connectivity index is 2.92. The number of carbonyl (C=O) groups excluding carboxylic acids is 1. The summed E-state index contributed by atoms with van der Waals surface area (Å²) in [5.74, 6) is 0.106. The zero-order valence-electron chi connectivity index (χ0n) is 9.58. The van der Waals surface area contributed by atoms with Gasteiger partial charge in [0.25, 0.3) is 0 Å². The van der Waals surface area contributed by atoms with E-state index in [1.54, 1.807) is 11.9 Å². The quantitative estimate of drug-likeness (QED) is 0.811. The molecule has 82 valence electrons. The number of nitrogens with one attached hydrogen (secondary N) is 1. The van der Waals surface area contributed by atoms with E-state index in [-0.39, 0.29) is 5.91 Å². The SMILES string of the molecule is CCN(C(=O)CNC)c1ccccc1C. The number of hydrogen-bond donors (Lipinski definition) is 1. The Kier molecular flexibility index (Phi) is 4.31. The molecule has 0 aliphatic rings. The van der Waals surface area contributed by atoms with E-state index >= 15 is 0 Å². The predicted molar refractivity (Wildman–Crippen MR) is 63.1 cm³/mol. The number of amides is 1. The highest BCUT2D eigenvalue weighted by atomic mass is 16.2. The van der Waals surface area contributed by atoms with Gasteiger partial charge in [0.05, 0.1) is 6.54 Å². The maximum atomic E-state index is 11.8. The van der Waals surface area contributed by atoms with E-state index in [9.17, 15) is 4.79 Å². The van der Waals surface area contributed by atoms with Crippen LogP contribution in [0.1, 0.15) is 12.5 Å². The van der Waals surface area contributed by atoms with Crippen molar-refractivity contribution in [1.29, 1.82) is 0 Å². The zero-order valence-corrected chi connectivity index (χ0v) is 9.58. The summed E-state index contributed by atoms with van der Waals surface area (Å²) >= 11 is 0. The lowest BCUT2D eigenvalue weighted by Crippen LogP contribution is -2.37. The normalized spacial score (nSPS) is 10.1. The number of anilines is 1. The summed E-state index contributed by atoms with van der Waals surface area (Å²) in [4.78, 5) is 13.6. The van der Waals surface area contributed by atoms with Crippen LogP contribution in [0.4, 0.5) is 5.69 Å². The fourth-order valence-electron chi connectivity index (χ4n) is 1.59. The molecule has 0 spiro atoms. The van der Waals surface area contributed by atoms with E-state index in [2.05, 4.69) is 5.32 Å². The van der Waals surface area contributed by atoms with E-state index in [0.29, 0.717) is 13.1 Å². The smallest absolute Gasteiger partial charge is 0.240 e. The van der Waals surface area contributed by atoms with E-state index < -0.39 is 0 Å². The van der Waals surface area contributed by atoms with Crippen molar-refractivity contribution in [3.63, 3.8) is 0 Å². The molecule has 0 bridgehead atoms. The minimum absolute atomic E-state index is 0.106. The first kappa shape index (κ1) is 11.7. The second-order valence-electron chi connectivity index (χ2n) is 3.45. The number of benzene rings is 1. The summed E-state index contributed by atoms with van der Waals surface area (Å²) in [5, 5.41) is 2.88. The third-order valence-electron chi connectivity index (χ3n) is 2.35. The molecular weight excluding hydrogens is 188 g/mol. The first-order chi connectivity index (χ1) is 7.20. The summed E-state index contributed by atoms with van der Waals surface area (Å²) in [6.07, 6.45) is 0. The molecule has 1 amide bonds. The molecule has 1 N–H and O–H groups in total. The molecule has 0 atom stereocenters. The van der Waals surface area contributed by atoms with E-state index in [1.807, 2.05) is 38.1 Å².